The molecule has 7 nitrogen and oxygen atoms in total. The minimum absolute atomic E-state index is 0.0549. The number of alkyl halides is 2. The van der Waals surface area contributed by atoms with Crippen LogP contribution in [0, 0.1) is 18.4 Å². The number of nitriles is 1. The maximum Gasteiger partial charge on any atom is 0.263 e. The number of nitrogens with one attached hydrogen (secondary N) is 2. The van der Waals surface area contributed by atoms with Crippen LogP contribution in [0.15, 0.2) is 64.4 Å². The zero-order valence-corrected chi connectivity index (χ0v) is 21.0. The van der Waals surface area contributed by atoms with Crippen molar-refractivity contribution in [1.29, 1.82) is 5.26 Å². The molecule has 3 aromatic rings. The Morgan fingerprint density at radius 2 is 1.86 bits per heavy atom. The summed E-state index contributed by atoms with van der Waals surface area (Å²) in [6.07, 6.45) is -0.808. The van der Waals surface area contributed by atoms with Crippen molar-refractivity contribution in [3.63, 3.8) is 0 Å². The number of rotatable bonds is 9. The number of hydrogen-bond donors (Lipinski definition) is 3. The number of benzene rings is 2. The van der Waals surface area contributed by atoms with Crippen LogP contribution in [-0.2, 0) is 16.3 Å². The molecule has 3 rings (SSSR count). The minimum Gasteiger partial charge on any atom is -0.374 e. The molecule has 190 valence electrons. The molecular formula is C26H28F2N4O3S. The number of pyridine rings is 1. The highest BCUT2D eigenvalue weighted by atomic mass is 32.2. The number of hydrogen-bond acceptors (Lipinski definition) is 5. The molecule has 2 unspecified atom stereocenters. The van der Waals surface area contributed by atoms with Crippen LogP contribution < -0.4 is 15.5 Å². The smallest absolute Gasteiger partial charge is 0.263 e. The number of halogens is 2. The van der Waals surface area contributed by atoms with Crippen LogP contribution >= 0.6 is 0 Å². The van der Waals surface area contributed by atoms with E-state index in [2.05, 4.69) is 15.9 Å². The molecular weight excluding hydrogens is 486 g/mol. The van der Waals surface area contributed by atoms with Crippen molar-refractivity contribution >= 4 is 15.6 Å². The molecule has 0 aliphatic carbocycles. The highest BCUT2D eigenvalue weighted by Gasteiger charge is 2.21. The Morgan fingerprint density at radius 1 is 1.19 bits per heavy atom. The van der Waals surface area contributed by atoms with Gasteiger partial charge in [-0.15, -0.1) is 0 Å². The molecule has 1 heterocycles. The van der Waals surface area contributed by atoms with E-state index in [1.807, 2.05) is 18.4 Å². The Balaban J connectivity index is 1.94. The SMILES string of the molecule is C=S(=O)(NC#N)c1ccc(CNC(O)c2cn(C(C)C)c(C)c(-c3cccc(C(F)F)c3)c2=O)cc1. The molecule has 36 heavy (non-hydrogen) atoms. The zero-order valence-electron chi connectivity index (χ0n) is 20.2. The van der Waals surface area contributed by atoms with E-state index in [0.29, 0.717) is 16.2 Å². The zero-order chi connectivity index (χ0) is 26.6. The standard InChI is InChI=1S/C26H28F2N4O3S/c1-16(2)32-14-22(24(33)23(17(32)3)19-6-5-7-20(12-19)25(27)28)26(34)30-13-18-8-10-21(11-9-18)36(4,35)31-15-29/h5-12,14,16,25-26,30,34H,4,13H2,1-3H3,(H,31,35). The van der Waals surface area contributed by atoms with Crippen molar-refractivity contribution in [2.75, 3.05) is 0 Å². The molecule has 0 radical (unpaired) electrons. The molecule has 0 aliphatic heterocycles. The maximum absolute atomic E-state index is 13.4. The van der Waals surface area contributed by atoms with Gasteiger partial charge in [-0.05, 0) is 56.0 Å². The Kier molecular flexibility index (Phi) is 8.30. The van der Waals surface area contributed by atoms with Gasteiger partial charge in [0.15, 0.2) is 11.6 Å². The predicted molar refractivity (Wildman–Crippen MR) is 137 cm³/mol. The van der Waals surface area contributed by atoms with Crippen LogP contribution in [0.1, 0.15) is 54.9 Å². The van der Waals surface area contributed by atoms with Gasteiger partial charge in [0, 0.05) is 35.6 Å². The van der Waals surface area contributed by atoms with Gasteiger partial charge in [0.25, 0.3) is 6.43 Å². The van der Waals surface area contributed by atoms with Crippen molar-refractivity contribution in [1.82, 2.24) is 14.6 Å². The lowest BCUT2D eigenvalue weighted by Gasteiger charge is -2.22. The molecule has 0 aliphatic rings. The number of nitrogens with zero attached hydrogens (tertiary/aromatic N) is 2. The van der Waals surface area contributed by atoms with Gasteiger partial charge < -0.3 is 9.67 Å². The monoisotopic (exact) mass is 514 g/mol. The Labute approximate surface area is 209 Å². The summed E-state index contributed by atoms with van der Waals surface area (Å²) >= 11 is 0. The predicted octanol–water partition coefficient (Wildman–Crippen LogP) is 4.18. The highest BCUT2D eigenvalue weighted by molar-refractivity contribution is 7.98. The Morgan fingerprint density at radius 3 is 2.44 bits per heavy atom. The van der Waals surface area contributed by atoms with E-state index in [1.165, 1.54) is 18.2 Å². The lowest BCUT2D eigenvalue weighted by atomic mass is 9.98. The summed E-state index contributed by atoms with van der Waals surface area (Å²) in [5.74, 6) is 3.52. The van der Waals surface area contributed by atoms with Gasteiger partial charge in [0.05, 0.1) is 20.2 Å². The van der Waals surface area contributed by atoms with Gasteiger partial charge in [0.1, 0.15) is 6.23 Å². The maximum atomic E-state index is 13.4. The first-order valence-corrected chi connectivity index (χ1v) is 12.9. The van der Waals surface area contributed by atoms with Gasteiger partial charge in [-0.1, -0.05) is 30.3 Å². The van der Waals surface area contributed by atoms with Gasteiger partial charge >= 0.3 is 0 Å². The Hall–Kier alpha value is -3.52. The highest BCUT2D eigenvalue weighted by Crippen LogP contribution is 2.28. The molecule has 0 saturated carbocycles. The second kappa shape index (κ2) is 11.0. The van der Waals surface area contributed by atoms with Crippen LogP contribution in [0.3, 0.4) is 0 Å². The first-order valence-electron chi connectivity index (χ1n) is 11.1. The molecule has 0 saturated heterocycles. The lowest BCUT2D eigenvalue weighted by molar-refractivity contribution is 0.135. The average Bonchev–Trinajstić information content (AvgIpc) is 2.83. The molecule has 0 bridgehead atoms. The first-order chi connectivity index (χ1) is 17.0. The van der Waals surface area contributed by atoms with Crippen LogP contribution in [0.5, 0.6) is 0 Å². The molecule has 1 aromatic heterocycles. The van der Waals surface area contributed by atoms with Gasteiger partial charge in [0.2, 0.25) is 0 Å². The van der Waals surface area contributed by atoms with E-state index in [1.54, 1.807) is 49.6 Å². The van der Waals surface area contributed by atoms with Gasteiger partial charge in [-0.3, -0.25) is 10.1 Å². The summed E-state index contributed by atoms with van der Waals surface area (Å²) in [5, 5.41) is 22.5. The first kappa shape index (κ1) is 27.1. The third-order valence-electron chi connectivity index (χ3n) is 5.81. The summed E-state index contributed by atoms with van der Waals surface area (Å²) in [4.78, 5) is 13.8. The van der Waals surface area contributed by atoms with Crippen molar-refractivity contribution in [2.45, 2.75) is 50.9 Å². The number of aliphatic hydroxyl groups excluding tert-OH is 1. The van der Waals surface area contributed by atoms with Crippen LogP contribution in [0.2, 0.25) is 0 Å². The summed E-state index contributed by atoms with van der Waals surface area (Å²) in [6.45, 7) is 5.77. The molecule has 0 amide bonds. The van der Waals surface area contributed by atoms with Crippen molar-refractivity contribution in [2.24, 2.45) is 0 Å². The molecule has 2 atom stereocenters. The molecule has 2 aromatic carbocycles. The molecule has 3 N–H and O–H groups in total. The fourth-order valence-electron chi connectivity index (χ4n) is 3.93. The van der Waals surface area contributed by atoms with Crippen LogP contribution in [0.4, 0.5) is 8.78 Å². The largest absolute Gasteiger partial charge is 0.374 e. The summed E-state index contributed by atoms with van der Waals surface area (Å²) in [7, 11) is -2.94. The fraction of sp³-hybridized carbons (Fsp3) is 0.269. The molecule has 10 heteroatoms. The van der Waals surface area contributed by atoms with Crippen molar-refractivity contribution < 1.29 is 18.1 Å². The third-order valence-corrected chi connectivity index (χ3v) is 7.26. The quantitative estimate of drug-likeness (QED) is 0.172. The third kappa shape index (κ3) is 5.82. The summed E-state index contributed by atoms with van der Waals surface area (Å²) in [6, 6.07) is 12.1. The minimum atomic E-state index is -2.94. The fourth-order valence-corrected chi connectivity index (χ4v) is 4.77. The lowest BCUT2D eigenvalue weighted by Crippen LogP contribution is -2.29. The number of aliphatic hydroxyl groups is 1. The Bertz CT molecular complexity index is 1440. The van der Waals surface area contributed by atoms with E-state index < -0.39 is 27.8 Å². The van der Waals surface area contributed by atoms with Crippen molar-refractivity contribution in [3.05, 3.63) is 87.3 Å². The van der Waals surface area contributed by atoms with Gasteiger partial charge in [-0.2, -0.15) is 5.26 Å². The van der Waals surface area contributed by atoms with Crippen molar-refractivity contribution in [3.8, 4) is 17.3 Å². The van der Waals surface area contributed by atoms with E-state index in [9.17, 15) is 22.9 Å². The topological polar surface area (TPSA) is 107 Å². The second-order valence-electron chi connectivity index (χ2n) is 8.62. The van der Waals surface area contributed by atoms with E-state index in [0.717, 1.165) is 5.56 Å². The average molecular weight is 515 g/mol. The number of aromatic nitrogens is 1. The van der Waals surface area contributed by atoms with Crippen LogP contribution in [-0.4, -0.2) is 19.8 Å². The summed E-state index contributed by atoms with van der Waals surface area (Å²) < 4.78 is 42.9. The van der Waals surface area contributed by atoms with Crippen LogP contribution in [0.25, 0.3) is 11.1 Å². The van der Waals surface area contributed by atoms with E-state index in [4.69, 9.17) is 5.26 Å². The van der Waals surface area contributed by atoms with Gasteiger partial charge in [-0.25, -0.2) is 17.7 Å². The molecule has 0 fully saturated rings. The normalized spacial score (nSPS) is 13.9. The molecule has 0 spiro atoms. The van der Waals surface area contributed by atoms with E-state index >= 15 is 0 Å². The van der Waals surface area contributed by atoms with E-state index in [-0.39, 0.29) is 29.3 Å². The second-order valence-corrected chi connectivity index (χ2v) is 10.6. The summed E-state index contributed by atoms with van der Waals surface area (Å²) in [5.41, 5.74) is 1.39.